The number of hydrogen-bond acceptors (Lipinski definition) is 5. The Bertz CT molecular complexity index is 624. The Hall–Kier alpha value is -1.79. The van der Waals surface area contributed by atoms with Crippen LogP contribution in [0.25, 0.3) is 10.6 Å². The minimum absolute atomic E-state index is 0.116. The molecule has 6 heteroatoms. The highest BCUT2D eigenvalue weighted by molar-refractivity contribution is 7.13. The first kappa shape index (κ1) is 16.1. The second-order valence-corrected chi connectivity index (χ2v) is 6.63. The summed E-state index contributed by atoms with van der Waals surface area (Å²) >= 11 is 1.62. The van der Waals surface area contributed by atoms with Gasteiger partial charge in [-0.2, -0.15) is 0 Å². The number of aromatic nitrogens is 2. The number of rotatable bonds is 6. The summed E-state index contributed by atoms with van der Waals surface area (Å²) in [6.45, 7) is 2.18. The molecule has 0 radical (unpaired) electrons. The molecule has 0 spiro atoms. The molecule has 1 aliphatic rings. The van der Waals surface area contributed by atoms with Gasteiger partial charge in [-0.25, -0.2) is 4.98 Å². The van der Waals surface area contributed by atoms with Crippen molar-refractivity contribution in [2.24, 2.45) is 5.92 Å². The zero-order valence-electron chi connectivity index (χ0n) is 13.0. The van der Waals surface area contributed by atoms with Crippen molar-refractivity contribution in [1.29, 1.82) is 0 Å². The van der Waals surface area contributed by atoms with E-state index in [-0.39, 0.29) is 5.91 Å². The predicted octanol–water partition coefficient (Wildman–Crippen LogP) is 2.68. The summed E-state index contributed by atoms with van der Waals surface area (Å²) in [5.74, 6) is 0.492. The van der Waals surface area contributed by atoms with Gasteiger partial charge >= 0.3 is 0 Å². The van der Waals surface area contributed by atoms with Gasteiger partial charge in [0.1, 0.15) is 5.01 Å². The van der Waals surface area contributed by atoms with Crippen molar-refractivity contribution in [3.8, 4) is 10.6 Å². The number of pyridine rings is 1. The van der Waals surface area contributed by atoms with Gasteiger partial charge in [-0.05, 0) is 30.9 Å². The molecule has 2 aromatic rings. The Kier molecular flexibility index (Phi) is 5.71. The molecule has 1 fully saturated rings. The van der Waals surface area contributed by atoms with Crippen molar-refractivity contribution in [2.75, 3.05) is 19.8 Å². The molecule has 1 atom stereocenters. The lowest BCUT2D eigenvalue weighted by Gasteiger charge is -2.21. The third-order valence-corrected chi connectivity index (χ3v) is 4.85. The average molecular weight is 331 g/mol. The lowest BCUT2D eigenvalue weighted by Crippen LogP contribution is -2.30. The molecule has 122 valence electrons. The van der Waals surface area contributed by atoms with E-state index in [1.54, 1.807) is 23.7 Å². The number of ether oxygens (including phenoxy) is 1. The lowest BCUT2D eigenvalue weighted by atomic mass is 9.98. The minimum Gasteiger partial charge on any atom is -0.381 e. The highest BCUT2D eigenvalue weighted by Crippen LogP contribution is 2.23. The van der Waals surface area contributed by atoms with E-state index >= 15 is 0 Å². The molecular weight excluding hydrogens is 310 g/mol. The van der Waals surface area contributed by atoms with Crippen molar-refractivity contribution in [3.63, 3.8) is 0 Å². The standard InChI is InChI=1S/C17H21N3O2S/c21-16(10-13-2-1-9-22-11-13)19-8-5-15-12-23-17(20-15)14-3-6-18-7-4-14/h3-4,6-7,12-13H,1-2,5,8-11H2,(H,19,21)/t13-/m0/s1. The number of nitrogens with zero attached hydrogens (tertiary/aromatic N) is 2. The van der Waals surface area contributed by atoms with E-state index in [4.69, 9.17) is 4.74 Å². The van der Waals surface area contributed by atoms with Crippen LogP contribution in [-0.2, 0) is 16.0 Å². The fourth-order valence-corrected chi connectivity index (χ4v) is 3.54. The van der Waals surface area contributed by atoms with E-state index in [9.17, 15) is 4.79 Å². The molecule has 0 unspecified atom stereocenters. The summed E-state index contributed by atoms with van der Waals surface area (Å²) in [7, 11) is 0. The van der Waals surface area contributed by atoms with Crippen LogP contribution in [0.2, 0.25) is 0 Å². The smallest absolute Gasteiger partial charge is 0.220 e. The Balaban J connectivity index is 1.42. The molecule has 0 saturated carbocycles. The summed E-state index contributed by atoms with van der Waals surface area (Å²) in [6, 6.07) is 3.91. The summed E-state index contributed by atoms with van der Waals surface area (Å²) < 4.78 is 5.41. The van der Waals surface area contributed by atoms with Crippen LogP contribution >= 0.6 is 11.3 Å². The summed E-state index contributed by atoms with van der Waals surface area (Å²) in [5.41, 5.74) is 2.10. The Morgan fingerprint density at radius 2 is 2.26 bits per heavy atom. The molecule has 1 saturated heterocycles. The summed E-state index contributed by atoms with van der Waals surface area (Å²) in [4.78, 5) is 20.6. The minimum atomic E-state index is 0.116. The molecule has 5 nitrogen and oxygen atoms in total. The highest BCUT2D eigenvalue weighted by Gasteiger charge is 2.17. The molecule has 3 rings (SSSR count). The maximum absolute atomic E-state index is 11.9. The number of carbonyl (C=O) groups is 1. The third-order valence-electron chi connectivity index (χ3n) is 3.91. The second kappa shape index (κ2) is 8.17. The molecule has 1 amide bonds. The number of thiazole rings is 1. The zero-order valence-corrected chi connectivity index (χ0v) is 13.8. The topological polar surface area (TPSA) is 64.1 Å². The van der Waals surface area contributed by atoms with Gasteiger partial charge in [0.05, 0.1) is 5.69 Å². The van der Waals surface area contributed by atoms with Gasteiger partial charge in [0.25, 0.3) is 0 Å². The first-order valence-corrected chi connectivity index (χ1v) is 8.88. The van der Waals surface area contributed by atoms with Crippen LogP contribution in [-0.4, -0.2) is 35.6 Å². The van der Waals surface area contributed by atoms with Crippen LogP contribution < -0.4 is 5.32 Å². The van der Waals surface area contributed by atoms with Crippen molar-refractivity contribution >= 4 is 17.2 Å². The number of carbonyl (C=O) groups excluding carboxylic acids is 1. The lowest BCUT2D eigenvalue weighted by molar-refractivity contribution is -0.123. The van der Waals surface area contributed by atoms with Gasteiger partial charge in [-0.15, -0.1) is 11.3 Å². The van der Waals surface area contributed by atoms with Crippen LogP contribution in [0.1, 0.15) is 25.0 Å². The monoisotopic (exact) mass is 331 g/mol. The SMILES string of the molecule is O=C(C[C@@H]1CCCOC1)NCCc1csc(-c2ccncc2)n1. The summed E-state index contributed by atoms with van der Waals surface area (Å²) in [6.07, 6.45) is 7.02. The normalized spacial score (nSPS) is 17.8. The number of amides is 1. The predicted molar refractivity (Wildman–Crippen MR) is 90.2 cm³/mol. The second-order valence-electron chi connectivity index (χ2n) is 5.77. The Labute approximate surface area is 140 Å². The molecule has 23 heavy (non-hydrogen) atoms. The Morgan fingerprint density at radius 3 is 3.04 bits per heavy atom. The largest absolute Gasteiger partial charge is 0.381 e. The van der Waals surface area contributed by atoms with Gasteiger partial charge in [0.15, 0.2) is 0 Å². The van der Waals surface area contributed by atoms with E-state index in [2.05, 4.69) is 20.7 Å². The van der Waals surface area contributed by atoms with Crippen LogP contribution in [0.4, 0.5) is 0 Å². The number of nitrogens with one attached hydrogen (secondary N) is 1. The summed E-state index contributed by atoms with van der Waals surface area (Å²) in [5, 5.41) is 6.03. The first-order chi connectivity index (χ1) is 11.3. The van der Waals surface area contributed by atoms with Gasteiger partial charge in [0, 0.05) is 55.9 Å². The maximum Gasteiger partial charge on any atom is 0.220 e. The van der Waals surface area contributed by atoms with Gasteiger partial charge in [-0.1, -0.05) is 0 Å². The number of hydrogen-bond donors (Lipinski definition) is 1. The molecule has 2 aromatic heterocycles. The van der Waals surface area contributed by atoms with E-state index in [1.807, 2.05) is 12.1 Å². The fraction of sp³-hybridized carbons (Fsp3) is 0.471. The van der Waals surface area contributed by atoms with Crippen LogP contribution in [0.3, 0.4) is 0 Å². The molecule has 0 aromatic carbocycles. The van der Waals surface area contributed by atoms with E-state index in [0.717, 1.165) is 48.7 Å². The molecule has 1 N–H and O–H groups in total. The van der Waals surface area contributed by atoms with Gasteiger partial charge in [-0.3, -0.25) is 9.78 Å². The van der Waals surface area contributed by atoms with Crippen molar-refractivity contribution in [2.45, 2.75) is 25.7 Å². The molecule has 3 heterocycles. The maximum atomic E-state index is 11.9. The van der Waals surface area contributed by atoms with E-state index in [1.165, 1.54) is 0 Å². The molecule has 1 aliphatic heterocycles. The van der Waals surface area contributed by atoms with Crippen LogP contribution in [0.15, 0.2) is 29.9 Å². The quantitative estimate of drug-likeness (QED) is 0.884. The van der Waals surface area contributed by atoms with E-state index in [0.29, 0.717) is 18.9 Å². The molecule has 0 aliphatic carbocycles. The van der Waals surface area contributed by atoms with Crippen molar-refractivity contribution < 1.29 is 9.53 Å². The zero-order chi connectivity index (χ0) is 15.9. The molecular formula is C17H21N3O2S. The highest BCUT2D eigenvalue weighted by atomic mass is 32.1. The van der Waals surface area contributed by atoms with Crippen LogP contribution in [0, 0.1) is 5.92 Å². The van der Waals surface area contributed by atoms with Crippen molar-refractivity contribution in [3.05, 3.63) is 35.6 Å². The van der Waals surface area contributed by atoms with Gasteiger partial charge < -0.3 is 10.1 Å². The Morgan fingerprint density at radius 1 is 1.39 bits per heavy atom. The first-order valence-electron chi connectivity index (χ1n) is 8.00. The molecule has 0 bridgehead atoms. The van der Waals surface area contributed by atoms with Crippen LogP contribution in [0.5, 0.6) is 0 Å². The van der Waals surface area contributed by atoms with Crippen molar-refractivity contribution in [1.82, 2.24) is 15.3 Å². The van der Waals surface area contributed by atoms with Gasteiger partial charge in [0.2, 0.25) is 5.91 Å². The average Bonchev–Trinajstić information content (AvgIpc) is 3.05. The fourth-order valence-electron chi connectivity index (χ4n) is 2.68. The van der Waals surface area contributed by atoms with E-state index < -0.39 is 0 Å². The third kappa shape index (κ3) is 4.84.